The summed E-state index contributed by atoms with van der Waals surface area (Å²) in [6.45, 7) is 0.678. The zero-order valence-corrected chi connectivity index (χ0v) is 8.59. The maximum absolute atomic E-state index is 10.6. The number of hydrogen-bond donors (Lipinski definition) is 2. The van der Waals surface area contributed by atoms with Crippen molar-refractivity contribution in [2.45, 2.75) is 5.75 Å². The number of benzene rings is 1. The third-order valence-electron chi connectivity index (χ3n) is 1.73. The average Bonchev–Trinajstić information content (AvgIpc) is 2.19. The van der Waals surface area contributed by atoms with Gasteiger partial charge in [0.2, 0.25) is 0 Å². The van der Waals surface area contributed by atoms with E-state index in [9.17, 15) is 4.79 Å². The van der Waals surface area contributed by atoms with E-state index in [2.05, 4.69) is 0 Å². The van der Waals surface area contributed by atoms with Crippen molar-refractivity contribution >= 4 is 17.7 Å². The van der Waals surface area contributed by atoms with Crippen LogP contribution in [-0.4, -0.2) is 23.4 Å². The molecule has 1 aromatic rings. The Hall–Kier alpha value is -1.00. The molecule has 4 heteroatoms. The lowest BCUT2D eigenvalue weighted by molar-refractivity contribution is 0.0697. The van der Waals surface area contributed by atoms with Gasteiger partial charge in [-0.2, -0.15) is 11.8 Å². The number of carboxylic acid groups (broad SMARTS) is 1. The van der Waals surface area contributed by atoms with Gasteiger partial charge in [-0.05, 0) is 17.7 Å². The highest BCUT2D eigenvalue weighted by atomic mass is 32.2. The van der Waals surface area contributed by atoms with Gasteiger partial charge in [0.05, 0.1) is 5.56 Å². The largest absolute Gasteiger partial charge is 0.478 e. The lowest BCUT2D eigenvalue weighted by Gasteiger charge is -2.00. The SMILES string of the molecule is NCCSCc1ccc(C(=O)O)cc1. The van der Waals surface area contributed by atoms with E-state index in [4.69, 9.17) is 10.8 Å². The molecule has 0 amide bonds. The molecule has 0 aliphatic carbocycles. The molecule has 76 valence electrons. The summed E-state index contributed by atoms with van der Waals surface area (Å²) < 4.78 is 0. The summed E-state index contributed by atoms with van der Waals surface area (Å²) in [5, 5.41) is 8.67. The van der Waals surface area contributed by atoms with Gasteiger partial charge in [0, 0.05) is 18.1 Å². The van der Waals surface area contributed by atoms with Crippen LogP contribution in [0.25, 0.3) is 0 Å². The quantitative estimate of drug-likeness (QED) is 0.726. The minimum atomic E-state index is -0.883. The Bertz CT molecular complexity index is 297. The zero-order chi connectivity index (χ0) is 10.4. The lowest BCUT2D eigenvalue weighted by atomic mass is 10.1. The number of thioether (sulfide) groups is 1. The van der Waals surface area contributed by atoms with Gasteiger partial charge in [-0.3, -0.25) is 0 Å². The average molecular weight is 211 g/mol. The number of aromatic carboxylic acids is 1. The second-order valence-electron chi connectivity index (χ2n) is 2.84. The van der Waals surface area contributed by atoms with E-state index in [1.807, 2.05) is 12.1 Å². The fourth-order valence-corrected chi connectivity index (χ4v) is 1.76. The molecule has 1 rings (SSSR count). The van der Waals surface area contributed by atoms with Crippen LogP contribution < -0.4 is 5.73 Å². The van der Waals surface area contributed by atoms with Crippen LogP contribution in [0.1, 0.15) is 15.9 Å². The van der Waals surface area contributed by atoms with Crippen molar-refractivity contribution in [3.05, 3.63) is 35.4 Å². The molecule has 0 aromatic heterocycles. The second kappa shape index (κ2) is 5.67. The molecule has 0 heterocycles. The van der Waals surface area contributed by atoms with Crippen LogP contribution >= 0.6 is 11.8 Å². The predicted octanol–water partition coefficient (Wildman–Crippen LogP) is 1.58. The van der Waals surface area contributed by atoms with E-state index in [0.29, 0.717) is 12.1 Å². The van der Waals surface area contributed by atoms with E-state index in [1.54, 1.807) is 23.9 Å². The van der Waals surface area contributed by atoms with E-state index in [-0.39, 0.29) is 0 Å². The summed E-state index contributed by atoms with van der Waals surface area (Å²) in [4.78, 5) is 10.6. The summed E-state index contributed by atoms with van der Waals surface area (Å²) in [6.07, 6.45) is 0. The summed E-state index contributed by atoms with van der Waals surface area (Å²) in [5.41, 5.74) is 6.82. The molecule has 0 radical (unpaired) electrons. The van der Waals surface area contributed by atoms with Gasteiger partial charge in [0.1, 0.15) is 0 Å². The first-order valence-electron chi connectivity index (χ1n) is 4.34. The number of nitrogens with two attached hydrogens (primary N) is 1. The van der Waals surface area contributed by atoms with Gasteiger partial charge in [0.15, 0.2) is 0 Å². The molecule has 0 spiro atoms. The Morgan fingerprint density at radius 3 is 2.50 bits per heavy atom. The minimum Gasteiger partial charge on any atom is -0.478 e. The molecule has 0 saturated heterocycles. The Morgan fingerprint density at radius 2 is 2.00 bits per heavy atom. The van der Waals surface area contributed by atoms with Crippen molar-refractivity contribution in [1.29, 1.82) is 0 Å². The first kappa shape index (κ1) is 11.1. The van der Waals surface area contributed by atoms with Crippen LogP contribution in [0.2, 0.25) is 0 Å². The lowest BCUT2D eigenvalue weighted by Crippen LogP contribution is -2.01. The van der Waals surface area contributed by atoms with E-state index in [1.165, 1.54) is 0 Å². The van der Waals surface area contributed by atoms with Crippen molar-refractivity contribution in [2.75, 3.05) is 12.3 Å². The van der Waals surface area contributed by atoms with E-state index in [0.717, 1.165) is 17.1 Å². The van der Waals surface area contributed by atoms with Crippen LogP contribution in [0.3, 0.4) is 0 Å². The predicted molar refractivity (Wildman–Crippen MR) is 58.6 cm³/mol. The molecule has 1 aromatic carbocycles. The van der Waals surface area contributed by atoms with Gasteiger partial charge in [-0.15, -0.1) is 0 Å². The maximum Gasteiger partial charge on any atom is 0.335 e. The van der Waals surface area contributed by atoms with Crippen molar-refractivity contribution in [3.63, 3.8) is 0 Å². The molecule has 0 atom stereocenters. The van der Waals surface area contributed by atoms with Gasteiger partial charge in [-0.1, -0.05) is 12.1 Å². The Labute approximate surface area is 87.3 Å². The first-order valence-corrected chi connectivity index (χ1v) is 5.49. The van der Waals surface area contributed by atoms with Gasteiger partial charge >= 0.3 is 5.97 Å². The van der Waals surface area contributed by atoms with Crippen LogP contribution in [0.15, 0.2) is 24.3 Å². The van der Waals surface area contributed by atoms with Crippen LogP contribution in [0.4, 0.5) is 0 Å². The summed E-state index contributed by atoms with van der Waals surface area (Å²) in [7, 11) is 0. The van der Waals surface area contributed by atoms with Crippen molar-refractivity contribution in [3.8, 4) is 0 Å². The fraction of sp³-hybridized carbons (Fsp3) is 0.300. The monoisotopic (exact) mass is 211 g/mol. The van der Waals surface area contributed by atoms with Crippen molar-refractivity contribution < 1.29 is 9.90 Å². The van der Waals surface area contributed by atoms with Crippen LogP contribution in [0, 0.1) is 0 Å². The number of carboxylic acids is 1. The standard InChI is InChI=1S/C10H13NO2S/c11-5-6-14-7-8-1-3-9(4-2-8)10(12)13/h1-4H,5-7,11H2,(H,12,13). The van der Waals surface area contributed by atoms with Crippen LogP contribution in [-0.2, 0) is 5.75 Å². The normalized spacial score (nSPS) is 10.1. The molecule has 3 nitrogen and oxygen atoms in total. The fourth-order valence-electron chi connectivity index (χ4n) is 1.02. The van der Waals surface area contributed by atoms with Crippen LogP contribution in [0.5, 0.6) is 0 Å². The Morgan fingerprint density at radius 1 is 1.36 bits per heavy atom. The van der Waals surface area contributed by atoms with Gasteiger partial charge < -0.3 is 10.8 Å². The third kappa shape index (κ3) is 3.40. The molecule has 0 bridgehead atoms. The number of carbonyl (C=O) groups is 1. The summed E-state index contributed by atoms with van der Waals surface area (Å²) >= 11 is 1.75. The molecule has 14 heavy (non-hydrogen) atoms. The third-order valence-corrected chi connectivity index (χ3v) is 2.79. The van der Waals surface area contributed by atoms with Crippen molar-refractivity contribution in [1.82, 2.24) is 0 Å². The summed E-state index contributed by atoms with van der Waals surface area (Å²) in [5.74, 6) is 0.934. The maximum atomic E-state index is 10.6. The molecule has 0 aliphatic rings. The topological polar surface area (TPSA) is 63.3 Å². The molecular formula is C10H13NO2S. The highest BCUT2D eigenvalue weighted by molar-refractivity contribution is 7.98. The number of hydrogen-bond acceptors (Lipinski definition) is 3. The van der Waals surface area contributed by atoms with E-state index < -0.39 is 5.97 Å². The molecule has 0 unspecified atom stereocenters. The highest BCUT2D eigenvalue weighted by Gasteiger charge is 2.01. The Balaban J connectivity index is 2.51. The Kier molecular flexibility index (Phi) is 4.49. The molecule has 0 saturated carbocycles. The summed E-state index contributed by atoms with van der Waals surface area (Å²) in [6, 6.07) is 6.93. The molecule has 0 fully saturated rings. The number of rotatable bonds is 5. The molecule has 0 aliphatic heterocycles. The molecule has 3 N–H and O–H groups in total. The first-order chi connectivity index (χ1) is 6.74. The van der Waals surface area contributed by atoms with E-state index >= 15 is 0 Å². The smallest absolute Gasteiger partial charge is 0.335 e. The minimum absolute atomic E-state index is 0.331. The highest BCUT2D eigenvalue weighted by Crippen LogP contribution is 2.12. The molecular weight excluding hydrogens is 198 g/mol. The second-order valence-corrected chi connectivity index (χ2v) is 3.95. The zero-order valence-electron chi connectivity index (χ0n) is 7.77. The van der Waals surface area contributed by atoms with Gasteiger partial charge in [0.25, 0.3) is 0 Å². The van der Waals surface area contributed by atoms with Gasteiger partial charge in [-0.25, -0.2) is 4.79 Å². The van der Waals surface area contributed by atoms with Crippen molar-refractivity contribution in [2.24, 2.45) is 5.73 Å².